The number of aromatic nitrogens is 3. The lowest BCUT2D eigenvalue weighted by Gasteiger charge is -2.09. The fourth-order valence-electron chi connectivity index (χ4n) is 2.59. The summed E-state index contributed by atoms with van der Waals surface area (Å²) in [6.07, 6.45) is 4.67. The average molecular weight is 367 g/mol. The van der Waals surface area contributed by atoms with Crippen LogP contribution in [0.5, 0.6) is 0 Å². The summed E-state index contributed by atoms with van der Waals surface area (Å²) >= 11 is 7.30. The normalized spacial score (nSPS) is 17.1. The van der Waals surface area contributed by atoms with E-state index in [1.54, 1.807) is 0 Å². The van der Waals surface area contributed by atoms with Crippen molar-refractivity contribution in [1.82, 2.24) is 14.8 Å². The van der Waals surface area contributed by atoms with E-state index in [0.717, 1.165) is 23.8 Å². The Morgan fingerprint density at radius 2 is 2.12 bits per heavy atom. The first kappa shape index (κ1) is 15.9. The van der Waals surface area contributed by atoms with Gasteiger partial charge in [-0.05, 0) is 43.9 Å². The lowest BCUT2D eigenvalue weighted by molar-refractivity contribution is -0.113. The van der Waals surface area contributed by atoms with E-state index in [0.29, 0.717) is 17.6 Å². The zero-order valence-corrected chi connectivity index (χ0v) is 14.4. The minimum absolute atomic E-state index is 0.186. The molecule has 1 N–H and O–H groups in total. The first-order chi connectivity index (χ1) is 11.6. The van der Waals surface area contributed by atoms with Gasteiger partial charge in [0.2, 0.25) is 5.91 Å². The molecular formula is C16H16ClFN4OS. The standard InChI is InChI=1S/C16H16ClFN4OS/c17-12-7-10(18)3-6-13(12)19-14(23)8-24-16-21-20-15(9-1-2-9)22(16)11-4-5-11/h3,6-7,9,11H,1-2,4-5,8H2,(H,19,23). The van der Waals surface area contributed by atoms with Crippen molar-refractivity contribution in [3.63, 3.8) is 0 Å². The third-order valence-electron chi connectivity index (χ3n) is 4.08. The molecule has 126 valence electrons. The van der Waals surface area contributed by atoms with Crippen LogP contribution >= 0.6 is 23.4 Å². The van der Waals surface area contributed by atoms with Crippen molar-refractivity contribution in [2.24, 2.45) is 0 Å². The molecule has 0 bridgehead atoms. The Kier molecular flexibility index (Phi) is 4.22. The molecule has 0 unspecified atom stereocenters. The van der Waals surface area contributed by atoms with Crippen molar-refractivity contribution >= 4 is 35.0 Å². The second-order valence-electron chi connectivity index (χ2n) is 6.18. The van der Waals surface area contributed by atoms with Crippen molar-refractivity contribution in [3.05, 3.63) is 34.9 Å². The third-order valence-corrected chi connectivity index (χ3v) is 5.34. The lowest BCUT2D eigenvalue weighted by Crippen LogP contribution is -2.15. The molecule has 2 aromatic rings. The lowest BCUT2D eigenvalue weighted by atomic mass is 10.3. The average Bonchev–Trinajstić information content (AvgIpc) is 3.47. The van der Waals surface area contributed by atoms with Gasteiger partial charge in [-0.3, -0.25) is 4.79 Å². The van der Waals surface area contributed by atoms with Crippen LogP contribution in [-0.2, 0) is 4.79 Å². The van der Waals surface area contributed by atoms with Crippen molar-refractivity contribution < 1.29 is 9.18 Å². The predicted molar refractivity (Wildman–Crippen MR) is 91.0 cm³/mol. The zero-order chi connectivity index (χ0) is 16.7. The maximum absolute atomic E-state index is 13.0. The fourth-order valence-corrected chi connectivity index (χ4v) is 3.62. The zero-order valence-electron chi connectivity index (χ0n) is 12.8. The number of carbonyl (C=O) groups is 1. The summed E-state index contributed by atoms with van der Waals surface area (Å²) in [5.74, 6) is 1.19. The molecule has 0 atom stereocenters. The summed E-state index contributed by atoms with van der Waals surface area (Å²) in [6, 6.07) is 4.39. The molecule has 2 aliphatic rings. The first-order valence-electron chi connectivity index (χ1n) is 7.94. The maximum Gasteiger partial charge on any atom is 0.234 e. The fraction of sp³-hybridized carbons (Fsp3) is 0.438. The quantitative estimate of drug-likeness (QED) is 0.784. The highest BCUT2D eigenvalue weighted by Gasteiger charge is 2.36. The van der Waals surface area contributed by atoms with Gasteiger partial charge in [-0.25, -0.2) is 4.39 Å². The summed E-state index contributed by atoms with van der Waals surface area (Å²) in [5.41, 5.74) is 0.408. The highest BCUT2D eigenvalue weighted by Crippen LogP contribution is 2.45. The molecule has 1 heterocycles. The maximum atomic E-state index is 13.0. The largest absolute Gasteiger partial charge is 0.324 e. The minimum Gasteiger partial charge on any atom is -0.324 e. The van der Waals surface area contributed by atoms with E-state index in [2.05, 4.69) is 20.1 Å². The Hall–Kier alpha value is -1.60. The molecule has 24 heavy (non-hydrogen) atoms. The summed E-state index contributed by atoms with van der Waals surface area (Å²) < 4.78 is 15.2. The molecule has 4 rings (SSSR count). The Labute approximate surface area is 148 Å². The number of halogens is 2. The Morgan fingerprint density at radius 1 is 1.33 bits per heavy atom. The van der Waals surface area contributed by atoms with Crippen LogP contribution in [0.25, 0.3) is 0 Å². The molecule has 0 spiro atoms. The third kappa shape index (κ3) is 3.42. The molecule has 0 aliphatic heterocycles. The molecule has 0 saturated heterocycles. The number of hydrogen-bond donors (Lipinski definition) is 1. The van der Waals surface area contributed by atoms with Crippen LogP contribution in [0.3, 0.4) is 0 Å². The molecule has 2 aliphatic carbocycles. The second-order valence-corrected chi connectivity index (χ2v) is 7.53. The van der Waals surface area contributed by atoms with Gasteiger partial charge in [0, 0.05) is 12.0 Å². The number of nitrogens with zero attached hydrogens (tertiary/aromatic N) is 3. The van der Waals surface area contributed by atoms with Gasteiger partial charge in [0.15, 0.2) is 5.16 Å². The smallest absolute Gasteiger partial charge is 0.234 e. The molecule has 1 amide bonds. The van der Waals surface area contributed by atoms with Gasteiger partial charge in [0.25, 0.3) is 0 Å². The number of carbonyl (C=O) groups excluding carboxylic acids is 1. The number of benzene rings is 1. The predicted octanol–water partition coefficient (Wildman–Crippen LogP) is 4.01. The van der Waals surface area contributed by atoms with Gasteiger partial charge < -0.3 is 9.88 Å². The van der Waals surface area contributed by atoms with Crippen molar-refractivity contribution in [2.45, 2.75) is 42.8 Å². The monoisotopic (exact) mass is 366 g/mol. The minimum atomic E-state index is -0.433. The van der Waals surface area contributed by atoms with Crippen LogP contribution in [0.15, 0.2) is 23.4 Å². The molecule has 0 radical (unpaired) electrons. The molecule has 1 aromatic carbocycles. The first-order valence-corrected chi connectivity index (χ1v) is 9.30. The van der Waals surface area contributed by atoms with Crippen LogP contribution in [0, 0.1) is 5.82 Å². The highest BCUT2D eigenvalue weighted by molar-refractivity contribution is 7.99. The molecular weight excluding hydrogens is 351 g/mol. The van der Waals surface area contributed by atoms with E-state index < -0.39 is 5.82 Å². The number of anilines is 1. The van der Waals surface area contributed by atoms with Crippen LogP contribution in [-0.4, -0.2) is 26.4 Å². The van der Waals surface area contributed by atoms with E-state index >= 15 is 0 Å². The Balaban J connectivity index is 1.40. The van der Waals surface area contributed by atoms with Gasteiger partial charge in [-0.2, -0.15) is 0 Å². The van der Waals surface area contributed by atoms with Gasteiger partial charge >= 0.3 is 0 Å². The number of thioether (sulfide) groups is 1. The molecule has 2 saturated carbocycles. The topological polar surface area (TPSA) is 59.8 Å². The van der Waals surface area contributed by atoms with Gasteiger partial charge in [0.1, 0.15) is 11.6 Å². The van der Waals surface area contributed by atoms with Crippen LogP contribution in [0.2, 0.25) is 5.02 Å². The number of amides is 1. The summed E-state index contributed by atoms with van der Waals surface area (Å²) in [4.78, 5) is 12.1. The number of nitrogens with one attached hydrogen (secondary N) is 1. The van der Waals surface area contributed by atoms with Crippen LogP contribution in [0.1, 0.15) is 43.5 Å². The number of hydrogen-bond acceptors (Lipinski definition) is 4. The summed E-state index contributed by atoms with van der Waals surface area (Å²) in [5, 5.41) is 12.3. The highest BCUT2D eigenvalue weighted by atomic mass is 35.5. The van der Waals surface area contributed by atoms with Gasteiger partial charge in [-0.15, -0.1) is 10.2 Å². The Bertz CT molecular complexity index is 788. The van der Waals surface area contributed by atoms with E-state index in [4.69, 9.17) is 11.6 Å². The van der Waals surface area contributed by atoms with E-state index in [9.17, 15) is 9.18 Å². The van der Waals surface area contributed by atoms with Gasteiger partial charge in [0.05, 0.1) is 16.5 Å². The molecule has 1 aromatic heterocycles. The van der Waals surface area contributed by atoms with Crippen molar-refractivity contribution in [1.29, 1.82) is 0 Å². The van der Waals surface area contributed by atoms with Crippen molar-refractivity contribution in [3.8, 4) is 0 Å². The SMILES string of the molecule is O=C(CSc1nnc(C2CC2)n1C1CC1)Nc1ccc(F)cc1Cl. The Morgan fingerprint density at radius 3 is 2.79 bits per heavy atom. The number of rotatable bonds is 6. The summed E-state index contributed by atoms with van der Waals surface area (Å²) in [6.45, 7) is 0. The van der Waals surface area contributed by atoms with E-state index in [1.165, 1.54) is 42.8 Å². The van der Waals surface area contributed by atoms with Gasteiger partial charge in [-0.1, -0.05) is 23.4 Å². The molecule has 2 fully saturated rings. The second kappa shape index (κ2) is 6.37. The molecule has 5 nitrogen and oxygen atoms in total. The van der Waals surface area contributed by atoms with Crippen molar-refractivity contribution in [2.75, 3.05) is 11.1 Å². The van der Waals surface area contributed by atoms with E-state index in [-0.39, 0.29) is 16.7 Å². The van der Waals surface area contributed by atoms with E-state index in [1.807, 2.05) is 0 Å². The van der Waals surface area contributed by atoms with Crippen LogP contribution < -0.4 is 5.32 Å². The molecule has 8 heteroatoms. The van der Waals surface area contributed by atoms with Crippen LogP contribution in [0.4, 0.5) is 10.1 Å². The summed E-state index contributed by atoms with van der Waals surface area (Å²) in [7, 11) is 0.